The molecule has 2 saturated heterocycles. The molecule has 0 spiro atoms. The van der Waals surface area contributed by atoms with Gasteiger partial charge in [-0.15, -0.1) is 0 Å². The van der Waals surface area contributed by atoms with Crippen molar-refractivity contribution >= 4 is 23.4 Å². The summed E-state index contributed by atoms with van der Waals surface area (Å²) in [6, 6.07) is 3.39. The Morgan fingerprint density at radius 2 is 1.94 bits per heavy atom. The van der Waals surface area contributed by atoms with Gasteiger partial charge in [0.2, 0.25) is 0 Å². The first-order valence-corrected chi connectivity index (χ1v) is 11.5. The summed E-state index contributed by atoms with van der Waals surface area (Å²) in [5, 5.41) is 3.07. The molecule has 0 saturated carbocycles. The number of likely N-dealkylation sites (tertiary alicyclic amines) is 1. The van der Waals surface area contributed by atoms with Crippen molar-refractivity contribution in [2.24, 2.45) is 4.99 Å². The predicted molar refractivity (Wildman–Crippen MR) is 121 cm³/mol. The number of ether oxygens (including phenoxy) is 2. The van der Waals surface area contributed by atoms with Crippen LogP contribution in [0.4, 0.5) is 13.2 Å². The smallest absolute Gasteiger partial charge is 0.338 e. The second-order valence-electron chi connectivity index (χ2n) is 8.69. The lowest BCUT2D eigenvalue weighted by Crippen LogP contribution is -2.46. The van der Waals surface area contributed by atoms with Crippen LogP contribution in [-0.4, -0.2) is 60.6 Å². The van der Waals surface area contributed by atoms with Crippen LogP contribution in [0.1, 0.15) is 30.1 Å². The Hall–Kier alpha value is -2.95. The molecule has 0 radical (unpaired) electrons. The van der Waals surface area contributed by atoms with E-state index in [1.54, 1.807) is 0 Å². The maximum atomic E-state index is 14.7. The van der Waals surface area contributed by atoms with Gasteiger partial charge in [-0.1, -0.05) is 17.7 Å². The molecule has 2 bridgehead atoms. The van der Waals surface area contributed by atoms with Crippen molar-refractivity contribution in [3.05, 3.63) is 75.5 Å². The molecule has 2 unspecified atom stereocenters. The van der Waals surface area contributed by atoms with Crippen LogP contribution in [0.3, 0.4) is 0 Å². The highest BCUT2D eigenvalue weighted by Gasteiger charge is 2.38. The third-order valence-corrected chi connectivity index (χ3v) is 6.65. The van der Waals surface area contributed by atoms with Gasteiger partial charge < -0.3 is 14.8 Å². The number of methoxy groups -OCH3 is 1. The topological polar surface area (TPSA) is 76.0 Å². The van der Waals surface area contributed by atoms with Gasteiger partial charge in [0.05, 0.1) is 31.1 Å². The third-order valence-electron chi connectivity index (χ3n) is 6.32. The van der Waals surface area contributed by atoms with Crippen molar-refractivity contribution in [2.45, 2.75) is 31.1 Å². The molecule has 184 valence electrons. The average Bonchev–Trinajstić information content (AvgIpc) is 3.16. The van der Waals surface area contributed by atoms with Gasteiger partial charge >= 0.3 is 5.97 Å². The summed E-state index contributed by atoms with van der Waals surface area (Å²) in [6.45, 7) is 1.61. The fraction of sp³-hybridized carbons (Fsp3) is 0.375. The van der Waals surface area contributed by atoms with Crippen molar-refractivity contribution < 1.29 is 27.4 Å². The number of hydrogen-bond donors (Lipinski definition) is 1. The zero-order chi connectivity index (χ0) is 24.7. The van der Waals surface area contributed by atoms with E-state index in [0.717, 1.165) is 25.1 Å². The molecule has 2 aromatic rings. The first-order valence-electron chi connectivity index (χ1n) is 11.1. The molecule has 35 heavy (non-hydrogen) atoms. The Morgan fingerprint density at radius 1 is 1.20 bits per heavy atom. The number of fused-ring (bicyclic) bond motifs is 2. The van der Waals surface area contributed by atoms with Gasteiger partial charge in [0.1, 0.15) is 23.4 Å². The summed E-state index contributed by atoms with van der Waals surface area (Å²) < 4.78 is 52.9. The zero-order valence-corrected chi connectivity index (χ0v) is 19.5. The van der Waals surface area contributed by atoms with Crippen LogP contribution in [0, 0.1) is 17.5 Å². The number of nitrogens with one attached hydrogen (secondary N) is 1. The summed E-state index contributed by atoms with van der Waals surface area (Å²) >= 11 is 6.34. The summed E-state index contributed by atoms with van der Waals surface area (Å²) in [5.41, 5.74) is 0.679. The van der Waals surface area contributed by atoms with E-state index in [9.17, 15) is 18.0 Å². The number of rotatable bonds is 5. The quantitative estimate of drug-likeness (QED) is 0.625. The second-order valence-corrected chi connectivity index (χ2v) is 9.10. The van der Waals surface area contributed by atoms with Crippen LogP contribution in [0.25, 0.3) is 0 Å². The largest absolute Gasteiger partial charge is 0.466 e. The number of esters is 1. The SMILES string of the molecule is COC(=O)C1=C(CN2CC3CCC(C2)O3)NC(c2ncc(F)cc2F)=N[C@H]1c1ccc(F)cc1Cl. The molecule has 11 heteroatoms. The molecule has 4 heterocycles. The second kappa shape index (κ2) is 9.60. The van der Waals surface area contributed by atoms with E-state index in [-0.39, 0.29) is 40.9 Å². The molecule has 0 aliphatic carbocycles. The number of hydrogen-bond acceptors (Lipinski definition) is 7. The Balaban J connectivity index is 1.61. The standard InChI is InChI=1S/C24H22ClF3N4O3/c1-34-24(33)20-19(11-32-9-14-3-4-15(10-32)35-14)30-23(22-18(28)7-13(27)8-29-22)31-21(20)16-5-2-12(26)6-17(16)25/h2,5-8,14-15,21H,3-4,9-11H2,1H3,(H,30,31)/t14?,15?,21-/m0/s1. The molecule has 3 aliphatic rings. The Morgan fingerprint density at radius 3 is 2.60 bits per heavy atom. The van der Waals surface area contributed by atoms with Crippen LogP contribution in [0.15, 0.2) is 46.7 Å². The highest BCUT2D eigenvalue weighted by molar-refractivity contribution is 6.31. The van der Waals surface area contributed by atoms with Crippen LogP contribution in [0.2, 0.25) is 5.02 Å². The minimum Gasteiger partial charge on any atom is -0.466 e. The van der Waals surface area contributed by atoms with E-state index in [1.807, 2.05) is 0 Å². The van der Waals surface area contributed by atoms with Crippen molar-refractivity contribution in [3.8, 4) is 0 Å². The molecule has 3 aliphatic heterocycles. The molecule has 1 N–H and O–H groups in total. The number of carbonyl (C=O) groups excluding carboxylic acids is 1. The number of aromatic nitrogens is 1. The highest BCUT2D eigenvalue weighted by atomic mass is 35.5. The summed E-state index contributed by atoms with van der Waals surface area (Å²) in [6.07, 6.45) is 3.00. The molecule has 1 aromatic carbocycles. The Labute approximate surface area is 204 Å². The molecule has 2 fully saturated rings. The van der Waals surface area contributed by atoms with Crippen LogP contribution in [-0.2, 0) is 14.3 Å². The lowest BCUT2D eigenvalue weighted by Gasteiger charge is -2.35. The van der Waals surface area contributed by atoms with Crippen LogP contribution in [0.5, 0.6) is 0 Å². The minimum absolute atomic E-state index is 0.00761. The number of aliphatic imine (C=N–C) groups is 1. The van der Waals surface area contributed by atoms with Gasteiger partial charge in [-0.05, 0) is 25.0 Å². The summed E-state index contributed by atoms with van der Waals surface area (Å²) in [5.74, 6) is -2.99. The maximum absolute atomic E-state index is 14.7. The lowest BCUT2D eigenvalue weighted by atomic mass is 9.94. The average molecular weight is 507 g/mol. The molecule has 1 aromatic heterocycles. The minimum atomic E-state index is -1.04. The van der Waals surface area contributed by atoms with Crippen molar-refractivity contribution in [1.82, 2.24) is 15.2 Å². The van der Waals surface area contributed by atoms with Gasteiger partial charge in [-0.3, -0.25) is 9.89 Å². The monoisotopic (exact) mass is 506 g/mol. The van der Waals surface area contributed by atoms with Gasteiger partial charge in [-0.25, -0.2) is 22.9 Å². The van der Waals surface area contributed by atoms with Crippen molar-refractivity contribution in [3.63, 3.8) is 0 Å². The Kier molecular flexibility index (Phi) is 6.52. The molecular formula is C24H22ClF3N4O3. The van der Waals surface area contributed by atoms with Crippen LogP contribution >= 0.6 is 11.6 Å². The number of halogens is 4. The number of benzene rings is 1. The number of morpholine rings is 1. The van der Waals surface area contributed by atoms with Gasteiger partial charge in [0, 0.05) is 42.0 Å². The predicted octanol–water partition coefficient (Wildman–Crippen LogP) is 3.53. The number of carbonyl (C=O) groups is 1. The lowest BCUT2D eigenvalue weighted by molar-refractivity contribution is -0.136. The number of pyridine rings is 1. The van der Waals surface area contributed by atoms with Gasteiger partial charge in [-0.2, -0.15) is 0 Å². The summed E-state index contributed by atoms with van der Waals surface area (Å²) in [7, 11) is 1.24. The fourth-order valence-electron chi connectivity index (χ4n) is 4.78. The van der Waals surface area contributed by atoms with Gasteiger partial charge in [0.15, 0.2) is 11.7 Å². The van der Waals surface area contributed by atoms with E-state index < -0.39 is 29.5 Å². The normalized spacial score (nSPS) is 24.3. The van der Waals surface area contributed by atoms with Crippen molar-refractivity contribution in [1.29, 1.82) is 0 Å². The van der Waals surface area contributed by atoms with E-state index in [1.165, 1.54) is 19.2 Å². The molecule has 0 amide bonds. The first-order chi connectivity index (χ1) is 16.8. The summed E-state index contributed by atoms with van der Waals surface area (Å²) in [4.78, 5) is 23.5. The molecule has 3 atom stereocenters. The van der Waals surface area contributed by atoms with Crippen molar-refractivity contribution in [2.75, 3.05) is 26.7 Å². The fourth-order valence-corrected chi connectivity index (χ4v) is 5.05. The van der Waals surface area contributed by atoms with E-state index >= 15 is 0 Å². The van der Waals surface area contributed by atoms with Crippen LogP contribution < -0.4 is 5.32 Å². The van der Waals surface area contributed by atoms with E-state index in [2.05, 4.69) is 20.2 Å². The van der Waals surface area contributed by atoms with E-state index in [4.69, 9.17) is 21.1 Å². The molecule has 7 nitrogen and oxygen atoms in total. The number of nitrogens with zero attached hydrogens (tertiary/aromatic N) is 3. The molecule has 5 rings (SSSR count). The third kappa shape index (κ3) is 4.78. The first kappa shape index (κ1) is 23.8. The maximum Gasteiger partial charge on any atom is 0.338 e. The number of amidine groups is 1. The Bertz CT molecular complexity index is 1230. The van der Waals surface area contributed by atoms with Gasteiger partial charge in [0.25, 0.3) is 0 Å². The molecular weight excluding hydrogens is 485 g/mol. The zero-order valence-electron chi connectivity index (χ0n) is 18.7. The highest BCUT2D eigenvalue weighted by Crippen LogP contribution is 2.37. The van der Waals surface area contributed by atoms with E-state index in [0.29, 0.717) is 30.4 Å².